The van der Waals surface area contributed by atoms with E-state index in [4.69, 9.17) is 4.99 Å². The number of allylic oxidation sites excluding steroid dienone is 1. The van der Waals surface area contributed by atoms with Crippen molar-refractivity contribution in [2.75, 3.05) is 16.4 Å². The average molecular weight is 485 g/mol. The van der Waals surface area contributed by atoms with Gasteiger partial charge in [0.05, 0.1) is 11.3 Å². The second-order valence-electron chi connectivity index (χ2n) is 8.44. The number of benzene rings is 3. The zero-order valence-corrected chi connectivity index (χ0v) is 20.8. The van der Waals surface area contributed by atoms with Gasteiger partial charge in [0.25, 0.3) is 5.91 Å². The van der Waals surface area contributed by atoms with Crippen molar-refractivity contribution in [2.24, 2.45) is 4.99 Å². The molecule has 0 radical (unpaired) electrons. The minimum Gasteiger partial charge on any atom is -0.338 e. The molecule has 0 unspecified atom stereocenters. The quantitative estimate of drug-likeness (QED) is 0.426. The first-order valence-electron chi connectivity index (χ1n) is 11.4. The van der Waals surface area contributed by atoms with Crippen molar-refractivity contribution in [3.8, 4) is 0 Å². The Labute approximate surface area is 209 Å². The highest BCUT2D eigenvalue weighted by atomic mass is 32.2. The number of hydrogen-bond donors (Lipinski definition) is 3. The highest BCUT2D eigenvalue weighted by Gasteiger charge is 2.29. The van der Waals surface area contributed by atoms with E-state index < -0.39 is 6.04 Å². The minimum atomic E-state index is -0.480. The molecule has 2 amide bonds. The van der Waals surface area contributed by atoms with E-state index in [0.717, 1.165) is 28.1 Å². The van der Waals surface area contributed by atoms with Crippen molar-refractivity contribution in [3.63, 3.8) is 0 Å². The number of anilines is 2. The number of nitrogens with one attached hydrogen (secondary N) is 3. The van der Waals surface area contributed by atoms with E-state index in [-0.39, 0.29) is 17.6 Å². The summed E-state index contributed by atoms with van der Waals surface area (Å²) in [6.07, 6.45) is 0. The van der Waals surface area contributed by atoms with Gasteiger partial charge in [0.1, 0.15) is 6.04 Å². The summed E-state index contributed by atoms with van der Waals surface area (Å²) in [5, 5.41) is 9.74. The number of para-hydroxylation sites is 1. The van der Waals surface area contributed by atoms with Crippen molar-refractivity contribution in [3.05, 3.63) is 107 Å². The van der Waals surface area contributed by atoms with Crippen LogP contribution in [-0.2, 0) is 9.59 Å². The van der Waals surface area contributed by atoms with Gasteiger partial charge in [0.15, 0.2) is 5.17 Å². The number of aryl methyl sites for hydroxylation is 2. The van der Waals surface area contributed by atoms with E-state index in [2.05, 4.69) is 22.0 Å². The predicted molar refractivity (Wildman–Crippen MR) is 145 cm³/mol. The Bertz CT molecular complexity index is 1270. The molecule has 0 saturated heterocycles. The zero-order valence-electron chi connectivity index (χ0n) is 20.0. The Morgan fingerprint density at radius 2 is 1.49 bits per heavy atom. The number of thioether (sulfide) groups is 1. The highest BCUT2D eigenvalue weighted by Crippen LogP contribution is 2.33. The summed E-state index contributed by atoms with van der Waals surface area (Å²) in [4.78, 5) is 30.7. The number of amides is 2. The number of nitrogens with zero attached hydrogens (tertiary/aromatic N) is 1. The fourth-order valence-corrected chi connectivity index (χ4v) is 4.73. The molecule has 0 aliphatic carbocycles. The Hall–Kier alpha value is -3.84. The standard InChI is InChI=1S/C28H28N4O2S/c1-18-14-19(2)16-23(15-18)30-24(33)17-35-28-29-20(3)25(26(32-28)21-10-6-4-7-11-21)27(34)31-22-12-8-5-9-13-22/h4-16,26H,17H2,1-3H3,(H,29,32)(H,30,33)(H,31,34)/t26-/m0/s1. The van der Waals surface area contributed by atoms with Crippen LogP contribution in [0.4, 0.5) is 11.4 Å². The Balaban J connectivity index is 1.50. The molecule has 1 aliphatic heterocycles. The van der Waals surface area contributed by atoms with Crippen LogP contribution >= 0.6 is 11.8 Å². The number of amidine groups is 1. The number of rotatable bonds is 6. The summed E-state index contributed by atoms with van der Waals surface area (Å²) in [7, 11) is 0. The van der Waals surface area contributed by atoms with Crippen LogP contribution in [0.5, 0.6) is 0 Å². The van der Waals surface area contributed by atoms with Gasteiger partial charge in [0, 0.05) is 17.1 Å². The summed E-state index contributed by atoms with van der Waals surface area (Å²) < 4.78 is 0. The lowest BCUT2D eigenvalue weighted by Crippen LogP contribution is -2.32. The van der Waals surface area contributed by atoms with Crippen molar-refractivity contribution >= 4 is 40.1 Å². The SMILES string of the molecule is CC1=C(C(=O)Nc2ccccc2)[C@H](c2ccccc2)N=C(SCC(=O)Nc2cc(C)cc(C)c2)N1. The summed E-state index contributed by atoms with van der Waals surface area (Å²) >= 11 is 1.31. The third-order valence-corrected chi connectivity index (χ3v) is 6.34. The van der Waals surface area contributed by atoms with Gasteiger partial charge in [-0.15, -0.1) is 0 Å². The van der Waals surface area contributed by atoms with Crippen LogP contribution in [-0.4, -0.2) is 22.7 Å². The Morgan fingerprint density at radius 1 is 0.857 bits per heavy atom. The molecule has 0 fully saturated rings. The largest absolute Gasteiger partial charge is 0.338 e. The molecule has 1 aliphatic rings. The van der Waals surface area contributed by atoms with Crippen LogP contribution in [0.1, 0.15) is 29.7 Å². The van der Waals surface area contributed by atoms with Gasteiger partial charge < -0.3 is 16.0 Å². The topological polar surface area (TPSA) is 82.6 Å². The molecule has 7 heteroatoms. The molecule has 3 aromatic carbocycles. The normalized spacial score (nSPS) is 15.2. The molecule has 0 aromatic heterocycles. The summed E-state index contributed by atoms with van der Waals surface area (Å²) in [5.41, 5.74) is 5.85. The van der Waals surface area contributed by atoms with Crippen LogP contribution in [0.3, 0.4) is 0 Å². The fraction of sp³-hybridized carbons (Fsp3) is 0.179. The lowest BCUT2D eigenvalue weighted by atomic mass is 9.96. The van der Waals surface area contributed by atoms with Crippen molar-refractivity contribution < 1.29 is 9.59 Å². The van der Waals surface area contributed by atoms with Crippen molar-refractivity contribution in [1.29, 1.82) is 0 Å². The molecule has 0 bridgehead atoms. The van der Waals surface area contributed by atoms with Crippen LogP contribution in [0, 0.1) is 13.8 Å². The van der Waals surface area contributed by atoms with Gasteiger partial charge in [-0.1, -0.05) is 66.4 Å². The fourth-order valence-electron chi connectivity index (χ4n) is 3.99. The summed E-state index contributed by atoms with van der Waals surface area (Å²) in [6.45, 7) is 5.87. The maximum absolute atomic E-state index is 13.2. The minimum absolute atomic E-state index is 0.116. The molecule has 6 nitrogen and oxygen atoms in total. The van der Waals surface area contributed by atoms with E-state index in [1.165, 1.54) is 11.8 Å². The molecule has 4 rings (SSSR count). The molecule has 3 N–H and O–H groups in total. The Morgan fingerprint density at radius 3 is 2.14 bits per heavy atom. The molecule has 1 heterocycles. The second-order valence-corrected chi connectivity index (χ2v) is 9.41. The van der Waals surface area contributed by atoms with Crippen LogP contribution in [0.15, 0.2) is 95.1 Å². The average Bonchev–Trinajstić information content (AvgIpc) is 2.83. The highest BCUT2D eigenvalue weighted by molar-refractivity contribution is 8.14. The van der Waals surface area contributed by atoms with E-state index in [0.29, 0.717) is 16.4 Å². The van der Waals surface area contributed by atoms with Gasteiger partial charge in [0.2, 0.25) is 5.91 Å². The first-order valence-corrected chi connectivity index (χ1v) is 12.4. The number of carbonyl (C=O) groups is 2. The second kappa shape index (κ2) is 11.1. The molecular weight excluding hydrogens is 456 g/mol. The molecule has 178 valence electrons. The number of hydrogen-bond acceptors (Lipinski definition) is 5. The molecule has 3 aromatic rings. The molecule has 0 saturated carbocycles. The Kier molecular flexibility index (Phi) is 7.67. The van der Waals surface area contributed by atoms with E-state index >= 15 is 0 Å². The summed E-state index contributed by atoms with van der Waals surface area (Å²) in [6, 6.07) is 24.5. The smallest absolute Gasteiger partial charge is 0.255 e. The molecular formula is C28H28N4O2S. The zero-order chi connectivity index (χ0) is 24.8. The maximum atomic E-state index is 13.2. The van der Waals surface area contributed by atoms with Crippen LogP contribution in [0.2, 0.25) is 0 Å². The third-order valence-electron chi connectivity index (χ3n) is 5.46. The van der Waals surface area contributed by atoms with E-state index in [1.807, 2.05) is 93.6 Å². The monoisotopic (exact) mass is 484 g/mol. The van der Waals surface area contributed by atoms with Crippen LogP contribution in [0.25, 0.3) is 0 Å². The summed E-state index contributed by atoms with van der Waals surface area (Å²) in [5.74, 6) is -0.135. The van der Waals surface area contributed by atoms with Crippen LogP contribution < -0.4 is 16.0 Å². The lowest BCUT2D eigenvalue weighted by molar-refractivity contribution is -0.114. The maximum Gasteiger partial charge on any atom is 0.255 e. The van der Waals surface area contributed by atoms with Crippen molar-refractivity contribution in [1.82, 2.24) is 5.32 Å². The van der Waals surface area contributed by atoms with E-state index in [1.54, 1.807) is 0 Å². The molecule has 0 spiro atoms. The van der Waals surface area contributed by atoms with Gasteiger partial charge in [-0.3, -0.25) is 9.59 Å². The van der Waals surface area contributed by atoms with Gasteiger partial charge in [-0.25, -0.2) is 4.99 Å². The van der Waals surface area contributed by atoms with E-state index in [9.17, 15) is 9.59 Å². The number of aliphatic imine (C=N–C) groups is 1. The lowest BCUT2D eigenvalue weighted by Gasteiger charge is -2.26. The first kappa shape index (κ1) is 24.3. The van der Waals surface area contributed by atoms with Gasteiger partial charge in [-0.05, 0) is 61.7 Å². The number of carbonyl (C=O) groups excluding carboxylic acids is 2. The third kappa shape index (κ3) is 6.39. The predicted octanol–water partition coefficient (Wildman–Crippen LogP) is 5.59. The van der Waals surface area contributed by atoms with Gasteiger partial charge >= 0.3 is 0 Å². The molecule has 35 heavy (non-hydrogen) atoms. The first-order chi connectivity index (χ1) is 16.9. The molecule has 1 atom stereocenters. The van der Waals surface area contributed by atoms with Gasteiger partial charge in [-0.2, -0.15) is 0 Å². The van der Waals surface area contributed by atoms with Crippen molar-refractivity contribution in [2.45, 2.75) is 26.8 Å².